The van der Waals surface area contributed by atoms with Gasteiger partial charge in [0.1, 0.15) is 5.82 Å². The zero-order chi connectivity index (χ0) is 14.4. The number of anilines is 1. The number of pyridine rings is 1. The molecule has 0 aliphatic carbocycles. The van der Waals surface area contributed by atoms with Crippen molar-refractivity contribution in [2.24, 2.45) is 0 Å². The second-order valence-corrected chi connectivity index (χ2v) is 4.83. The van der Waals surface area contributed by atoms with Crippen molar-refractivity contribution in [2.45, 2.75) is 25.9 Å². The van der Waals surface area contributed by atoms with Crippen molar-refractivity contribution < 1.29 is 9.53 Å². The summed E-state index contributed by atoms with van der Waals surface area (Å²) in [5.74, 6) is 1.00. The lowest BCUT2D eigenvalue weighted by Crippen LogP contribution is -2.37. The maximum Gasteiger partial charge on any atom is 0.407 e. The molecule has 0 spiro atoms. The smallest absolute Gasteiger partial charge is 0.407 e. The van der Waals surface area contributed by atoms with Crippen LogP contribution < -0.4 is 15.5 Å². The van der Waals surface area contributed by atoms with Crippen LogP contribution in [0.2, 0.25) is 0 Å². The number of alkyl carbamates (subject to hydrolysis) is 1. The van der Waals surface area contributed by atoms with Crippen LogP contribution in [0.15, 0.2) is 18.3 Å². The largest absolute Gasteiger partial charge is 0.453 e. The highest BCUT2D eigenvalue weighted by Crippen LogP contribution is 2.22. The van der Waals surface area contributed by atoms with E-state index in [0.717, 1.165) is 38.4 Å². The molecule has 6 nitrogen and oxygen atoms in total. The maximum atomic E-state index is 11.2. The second-order valence-electron chi connectivity index (χ2n) is 4.83. The number of aromatic nitrogens is 1. The van der Waals surface area contributed by atoms with Crippen molar-refractivity contribution in [1.82, 2.24) is 15.6 Å². The molecule has 1 unspecified atom stereocenters. The van der Waals surface area contributed by atoms with Gasteiger partial charge in [-0.2, -0.15) is 0 Å². The molecule has 20 heavy (non-hydrogen) atoms. The average Bonchev–Trinajstić information content (AvgIpc) is 2.93. The fourth-order valence-corrected chi connectivity index (χ4v) is 2.41. The van der Waals surface area contributed by atoms with Gasteiger partial charge in [0.05, 0.1) is 13.2 Å². The summed E-state index contributed by atoms with van der Waals surface area (Å²) in [5, 5.41) is 6.17. The van der Waals surface area contributed by atoms with Gasteiger partial charge in [-0.1, -0.05) is 13.0 Å². The third-order valence-corrected chi connectivity index (χ3v) is 3.43. The summed E-state index contributed by atoms with van der Waals surface area (Å²) in [7, 11) is 1.38. The first-order valence-electron chi connectivity index (χ1n) is 6.98. The fraction of sp³-hybridized carbons (Fsp3) is 0.571. The van der Waals surface area contributed by atoms with E-state index in [1.54, 1.807) is 0 Å². The molecule has 1 amide bonds. The second kappa shape index (κ2) is 7.09. The Labute approximate surface area is 119 Å². The van der Waals surface area contributed by atoms with Crippen LogP contribution in [-0.2, 0) is 11.3 Å². The quantitative estimate of drug-likeness (QED) is 0.845. The van der Waals surface area contributed by atoms with Gasteiger partial charge in [-0.05, 0) is 19.0 Å². The Hall–Kier alpha value is -1.82. The number of methoxy groups -OCH3 is 1. The van der Waals surface area contributed by atoms with E-state index in [2.05, 4.69) is 38.2 Å². The first-order chi connectivity index (χ1) is 9.74. The molecule has 0 saturated carbocycles. The number of ether oxygens (including phenoxy) is 1. The van der Waals surface area contributed by atoms with Crippen LogP contribution in [0.3, 0.4) is 0 Å². The summed E-state index contributed by atoms with van der Waals surface area (Å²) in [4.78, 5) is 17.9. The molecule has 0 radical (unpaired) electrons. The first kappa shape index (κ1) is 14.6. The van der Waals surface area contributed by atoms with Gasteiger partial charge in [0.2, 0.25) is 0 Å². The molecule has 110 valence electrons. The number of nitrogens with zero attached hydrogens (tertiary/aromatic N) is 2. The Bertz CT molecular complexity index is 453. The minimum atomic E-state index is -0.370. The molecule has 6 heteroatoms. The standard InChI is InChI=1S/C14H22N4O2/c1-3-15-9-11-5-4-7-16-13(11)18-8-6-12(10-18)17-14(19)20-2/h4-5,7,12,15H,3,6,8-10H2,1-2H3,(H,17,19). The number of amides is 1. The van der Waals surface area contributed by atoms with Crippen LogP contribution in [0.4, 0.5) is 10.6 Å². The van der Waals surface area contributed by atoms with E-state index in [1.165, 1.54) is 12.7 Å². The van der Waals surface area contributed by atoms with E-state index in [-0.39, 0.29) is 12.1 Å². The van der Waals surface area contributed by atoms with Crippen LogP contribution in [0.5, 0.6) is 0 Å². The molecule has 1 atom stereocenters. The third kappa shape index (κ3) is 3.60. The minimum Gasteiger partial charge on any atom is -0.453 e. The third-order valence-electron chi connectivity index (χ3n) is 3.43. The average molecular weight is 278 g/mol. The predicted octanol–water partition coefficient (Wildman–Crippen LogP) is 1.13. The number of hydrogen-bond acceptors (Lipinski definition) is 5. The summed E-state index contributed by atoms with van der Waals surface area (Å²) in [6.07, 6.45) is 2.35. The highest BCUT2D eigenvalue weighted by molar-refractivity contribution is 5.67. The highest BCUT2D eigenvalue weighted by Gasteiger charge is 2.26. The van der Waals surface area contributed by atoms with E-state index in [9.17, 15) is 4.79 Å². The molecule has 2 heterocycles. The number of nitrogens with one attached hydrogen (secondary N) is 2. The Morgan fingerprint density at radius 1 is 1.60 bits per heavy atom. The highest BCUT2D eigenvalue weighted by atomic mass is 16.5. The molecule has 1 fully saturated rings. The SMILES string of the molecule is CCNCc1cccnc1N1CCC(NC(=O)OC)C1. The minimum absolute atomic E-state index is 0.122. The lowest BCUT2D eigenvalue weighted by Gasteiger charge is -2.21. The summed E-state index contributed by atoms with van der Waals surface area (Å²) in [6.45, 7) is 5.49. The summed E-state index contributed by atoms with van der Waals surface area (Å²) in [5.41, 5.74) is 1.19. The summed E-state index contributed by atoms with van der Waals surface area (Å²) in [6, 6.07) is 4.17. The molecular weight excluding hydrogens is 256 g/mol. The van der Waals surface area contributed by atoms with E-state index < -0.39 is 0 Å². The number of rotatable bonds is 5. The number of carbonyl (C=O) groups is 1. The fourth-order valence-electron chi connectivity index (χ4n) is 2.41. The van der Waals surface area contributed by atoms with Crippen LogP contribution in [0.1, 0.15) is 18.9 Å². The molecule has 0 aromatic carbocycles. The van der Waals surface area contributed by atoms with E-state index in [4.69, 9.17) is 0 Å². The van der Waals surface area contributed by atoms with Crippen LogP contribution in [-0.4, -0.2) is 43.9 Å². The van der Waals surface area contributed by atoms with Crippen molar-refractivity contribution >= 4 is 11.9 Å². The summed E-state index contributed by atoms with van der Waals surface area (Å²) >= 11 is 0. The Morgan fingerprint density at radius 3 is 3.20 bits per heavy atom. The van der Waals surface area contributed by atoms with E-state index >= 15 is 0 Å². The first-order valence-corrected chi connectivity index (χ1v) is 6.98. The van der Waals surface area contributed by atoms with E-state index in [0.29, 0.717) is 0 Å². The van der Waals surface area contributed by atoms with Crippen LogP contribution in [0, 0.1) is 0 Å². The zero-order valence-corrected chi connectivity index (χ0v) is 12.1. The van der Waals surface area contributed by atoms with Crippen molar-refractivity contribution in [2.75, 3.05) is 31.6 Å². The molecule has 1 aromatic rings. The van der Waals surface area contributed by atoms with Crippen molar-refractivity contribution in [1.29, 1.82) is 0 Å². The van der Waals surface area contributed by atoms with Gasteiger partial charge in [-0.25, -0.2) is 9.78 Å². The maximum absolute atomic E-state index is 11.2. The Balaban J connectivity index is 2.00. The molecule has 1 saturated heterocycles. The van der Waals surface area contributed by atoms with Gasteiger partial charge in [0.25, 0.3) is 0 Å². The molecule has 2 N–H and O–H groups in total. The van der Waals surface area contributed by atoms with Gasteiger partial charge in [0.15, 0.2) is 0 Å². The molecule has 1 aliphatic heterocycles. The van der Waals surface area contributed by atoms with Gasteiger partial charge in [0, 0.05) is 31.4 Å². The van der Waals surface area contributed by atoms with Gasteiger partial charge in [-0.15, -0.1) is 0 Å². The summed E-state index contributed by atoms with van der Waals surface area (Å²) < 4.78 is 4.64. The Kier molecular flexibility index (Phi) is 5.17. The zero-order valence-electron chi connectivity index (χ0n) is 12.1. The Morgan fingerprint density at radius 2 is 2.45 bits per heavy atom. The monoisotopic (exact) mass is 278 g/mol. The van der Waals surface area contributed by atoms with Gasteiger partial charge in [-0.3, -0.25) is 0 Å². The lowest BCUT2D eigenvalue weighted by atomic mass is 10.2. The van der Waals surface area contributed by atoms with Crippen molar-refractivity contribution in [3.8, 4) is 0 Å². The van der Waals surface area contributed by atoms with Crippen molar-refractivity contribution in [3.05, 3.63) is 23.9 Å². The van der Waals surface area contributed by atoms with Crippen LogP contribution in [0.25, 0.3) is 0 Å². The van der Waals surface area contributed by atoms with Crippen molar-refractivity contribution in [3.63, 3.8) is 0 Å². The molecule has 1 aliphatic rings. The molecule has 0 bridgehead atoms. The topological polar surface area (TPSA) is 66.5 Å². The van der Waals surface area contributed by atoms with Gasteiger partial charge >= 0.3 is 6.09 Å². The number of hydrogen-bond donors (Lipinski definition) is 2. The number of carbonyl (C=O) groups excluding carboxylic acids is 1. The van der Waals surface area contributed by atoms with E-state index in [1.807, 2.05) is 12.3 Å². The normalized spacial score (nSPS) is 18.1. The molecule has 1 aromatic heterocycles. The lowest BCUT2D eigenvalue weighted by molar-refractivity contribution is 0.167. The molecular formula is C14H22N4O2. The van der Waals surface area contributed by atoms with Crippen LogP contribution >= 0.6 is 0 Å². The molecule has 2 rings (SSSR count). The predicted molar refractivity (Wildman–Crippen MR) is 77.8 cm³/mol. The van der Waals surface area contributed by atoms with Gasteiger partial charge < -0.3 is 20.3 Å².